The fraction of sp³-hybridized carbons (Fsp3) is 0.133. The number of amidine groups is 2. The topological polar surface area (TPSA) is 176 Å². The van der Waals surface area contributed by atoms with Gasteiger partial charge in [-0.25, -0.2) is 8.78 Å². The summed E-state index contributed by atoms with van der Waals surface area (Å²) < 4.78 is 39.6. The highest BCUT2D eigenvalue weighted by molar-refractivity contribution is 5.97. The molecule has 12 rings (SSSR count). The number of aryl methyl sites for hydroxylation is 2. The van der Waals surface area contributed by atoms with Crippen LogP contribution in [0.15, 0.2) is 158 Å². The van der Waals surface area contributed by atoms with Crippen molar-refractivity contribution in [3.8, 4) is 22.3 Å². The number of amides is 2. The van der Waals surface area contributed by atoms with E-state index in [-0.39, 0.29) is 59.5 Å². The van der Waals surface area contributed by atoms with E-state index in [0.29, 0.717) is 35.3 Å². The van der Waals surface area contributed by atoms with Gasteiger partial charge in [-0.15, -0.1) is 0 Å². The predicted octanol–water partition coefficient (Wildman–Crippen LogP) is 11.1. The maximum atomic E-state index is 13.4. The van der Waals surface area contributed by atoms with Crippen LogP contribution in [0.3, 0.4) is 0 Å². The third-order valence-electron chi connectivity index (χ3n) is 14.1. The second kappa shape index (κ2) is 18.3. The highest BCUT2D eigenvalue weighted by atomic mass is 19.1. The lowest BCUT2D eigenvalue weighted by Crippen LogP contribution is -2.23. The number of hydrogen-bond donors (Lipinski definition) is 6. The first-order valence-corrected chi connectivity index (χ1v) is 23.6. The van der Waals surface area contributed by atoms with Crippen molar-refractivity contribution >= 4 is 23.5 Å². The Morgan fingerprint density at radius 2 is 0.806 bits per heavy atom. The first-order valence-electron chi connectivity index (χ1n) is 23.6. The molecule has 72 heavy (non-hydrogen) atoms. The number of nitrogens with two attached hydrogens (primary N) is 2. The Balaban J connectivity index is 0.000000156. The molecule has 4 aliphatic rings. The molecule has 4 bridgehead atoms. The van der Waals surface area contributed by atoms with E-state index in [4.69, 9.17) is 31.8 Å². The van der Waals surface area contributed by atoms with Crippen molar-refractivity contribution in [2.24, 2.45) is 11.5 Å². The Bertz CT molecular complexity index is 3520. The number of carbonyl (C=O) groups is 2. The van der Waals surface area contributed by atoms with E-state index in [0.717, 1.165) is 83.5 Å². The van der Waals surface area contributed by atoms with Gasteiger partial charge < -0.3 is 31.6 Å². The zero-order valence-corrected chi connectivity index (χ0v) is 39.3. The lowest BCUT2D eigenvalue weighted by atomic mass is 9.81. The van der Waals surface area contributed by atoms with E-state index in [1.807, 2.05) is 60.7 Å². The van der Waals surface area contributed by atoms with Crippen LogP contribution in [0.1, 0.15) is 123 Å². The van der Waals surface area contributed by atoms with Crippen LogP contribution in [-0.2, 0) is 22.6 Å². The monoisotopic (exact) mass is 954 g/mol. The highest BCUT2D eigenvalue weighted by Gasteiger charge is 2.45. The molecule has 10 nitrogen and oxygen atoms in total. The normalized spacial score (nSPS) is 16.9. The van der Waals surface area contributed by atoms with Crippen LogP contribution in [-0.4, -0.2) is 23.5 Å². The van der Waals surface area contributed by atoms with Gasteiger partial charge in [-0.3, -0.25) is 20.4 Å². The fourth-order valence-corrected chi connectivity index (χ4v) is 10.5. The minimum atomic E-state index is -0.258. The largest absolute Gasteiger partial charge is 0.384 e. The number of benzene rings is 8. The molecule has 0 radical (unpaired) electrons. The lowest BCUT2D eigenvalue weighted by molar-refractivity contribution is 0.0854. The number of hydrogen-bond acceptors (Lipinski definition) is 6. The van der Waals surface area contributed by atoms with Crippen molar-refractivity contribution in [1.82, 2.24) is 10.6 Å². The summed E-state index contributed by atoms with van der Waals surface area (Å²) in [7, 11) is 0. The van der Waals surface area contributed by atoms with Crippen LogP contribution >= 0.6 is 0 Å². The molecule has 0 saturated heterocycles. The number of halogens is 2. The maximum absolute atomic E-state index is 13.4. The first-order chi connectivity index (χ1) is 34.8. The van der Waals surface area contributed by atoms with Crippen LogP contribution in [0.4, 0.5) is 8.78 Å². The molecule has 356 valence electrons. The Morgan fingerprint density at radius 1 is 0.444 bits per heavy atom. The summed E-state index contributed by atoms with van der Waals surface area (Å²) in [5.41, 5.74) is 30.4. The van der Waals surface area contributed by atoms with Crippen LogP contribution in [0, 0.1) is 36.3 Å². The molecule has 8 aromatic carbocycles. The number of nitrogens with one attached hydrogen (secondary N) is 4. The molecule has 2 amide bonds. The minimum absolute atomic E-state index is 0.0156. The summed E-state index contributed by atoms with van der Waals surface area (Å²) in [5, 5.41) is 20.9. The van der Waals surface area contributed by atoms with Crippen molar-refractivity contribution in [3.63, 3.8) is 0 Å². The number of nitrogen functional groups attached to an aromatic ring is 2. The third-order valence-corrected chi connectivity index (χ3v) is 14.1. The lowest BCUT2D eigenvalue weighted by Gasteiger charge is -2.20. The summed E-state index contributed by atoms with van der Waals surface area (Å²) in [6.07, 6.45) is -0.740. The number of fused-ring (bicyclic) bond motifs is 16. The number of carbonyl (C=O) groups excluding carboxylic acids is 2. The van der Waals surface area contributed by atoms with Gasteiger partial charge in [0.05, 0.1) is 0 Å². The predicted molar refractivity (Wildman–Crippen MR) is 273 cm³/mol. The highest BCUT2D eigenvalue weighted by Crippen LogP contribution is 2.57. The zero-order chi connectivity index (χ0) is 49.9. The molecule has 0 fully saturated rings. The average molecular weight is 955 g/mol. The van der Waals surface area contributed by atoms with Crippen LogP contribution in [0.2, 0.25) is 0 Å². The van der Waals surface area contributed by atoms with Crippen molar-refractivity contribution < 1.29 is 27.8 Å². The van der Waals surface area contributed by atoms with Gasteiger partial charge in [-0.05, 0) is 164 Å². The van der Waals surface area contributed by atoms with Gasteiger partial charge in [0.15, 0.2) is 0 Å². The molecule has 8 aromatic rings. The van der Waals surface area contributed by atoms with Crippen LogP contribution in [0.25, 0.3) is 22.3 Å². The quantitative estimate of drug-likeness (QED) is 0.0587. The SMILES string of the molecule is Cc1cc(-c2ccc(F)cc2)cc2c1C1OC2c2cc(C(=O)NCc3ccc(C(=N)N)cc3)ccc21.Cc1cc(-c2ccc(F)cc2)cc2c1C1OC2c2ccc(C(=O)NCc3ccc(C(=N)N)cc3)cc21. The second-order valence-electron chi connectivity index (χ2n) is 18.7. The molecule has 0 aliphatic carbocycles. The summed E-state index contributed by atoms with van der Waals surface area (Å²) in [5.74, 6) is -0.788. The molecule has 12 heteroatoms. The van der Waals surface area contributed by atoms with Gasteiger partial charge in [-0.2, -0.15) is 0 Å². The van der Waals surface area contributed by atoms with E-state index >= 15 is 0 Å². The number of rotatable bonds is 10. The van der Waals surface area contributed by atoms with E-state index in [2.05, 4.69) is 48.7 Å². The summed E-state index contributed by atoms with van der Waals surface area (Å²) in [4.78, 5) is 25.8. The van der Waals surface area contributed by atoms with Crippen LogP contribution < -0.4 is 22.1 Å². The Labute approximate surface area is 414 Å². The standard InChI is InChI=1S/2C30H24FN3O2/c1-16-12-21(18-6-9-22(31)10-7-18)14-25-26(16)28-23-11-8-20(13-24(23)27(25)36-28)30(35)34-15-17-2-4-19(5-3-17)29(32)33;1-16-12-21(18-6-9-22(31)10-7-18)14-25-26(16)28-24-13-20(8-11-23(24)27(25)36-28)30(35)34-15-17-2-4-19(5-3-17)29(32)33/h2*2-14,27-28H,15H2,1H3,(H3,32,33)(H,34,35). The Kier molecular flexibility index (Phi) is 11.7. The summed E-state index contributed by atoms with van der Waals surface area (Å²) in [6, 6.07) is 47.6. The number of ether oxygens (including phenoxy) is 2. The molecular formula is C60H48F2N6O4. The summed E-state index contributed by atoms with van der Waals surface area (Å²) in [6.45, 7) is 4.91. The maximum Gasteiger partial charge on any atom is 0.251 e. The van der Waals surface area contributed by atoms with Gasteiger partial charge in [0.25, 0.3) is 11.8 Å². The minimum Gasteiger partial charge on any atom is -0.384 e. The van der Waals surface area contributed by atoms with Crippen molar-refractivity contribution in [1.29, 1.82) is 10.8 Å². The Morgan fingerprint density at radius 3 is 1.22 bits per heavy atom. The molecule has 0 saturated carbocycles. The van der Waals surface area contributed by atoms with E-state index in [1.165, 1.54) is 29.8 Å². The van der Waals surface area contributed by atoms with E-state index in [1.54, 1.807) is 48.5 Å². The Hall–Kier alpha value is -8.58. The smallest absolute Gasteiger partial charge is 0.251 e. The van der Waals surface area contributed by atoms with Crippen molar-refractivity contribution in [2.45, 2.75) is 51.4 Å². The third kappa shape index (κ3) is 8.40. The van der Waals surface area contributed by atoms with Gasteiger partial charge in [0.1, 0.15) is 47.7 Å². The fourth-order valence-electron chi connectivity index (χ4n) is 10.5. The molecule has 4 atom stereocenters. The van der Waals surface area contributed by atoms with Crippen LogP contribution in [0.5, 0.6) is 0 Å². The average Bonchev–Trinajstić information content (AvgIpc) is 4.17. The molecule has 0 aromatic heterocycles. The molecule has 0 spiro atoms. The van der Waals surface area contributed by atoms with E-state index < -0.39 is 0 Å². The van der Waals surface area contributed by atoms with E-state index in [9.17, 15) is 18.4 Å². The second-order valence-corrected chi connectivity index (χ2v) is 18.7. The zero-order valence-electron chi connectivity index (χ0n) is 39.3. The molecule has 8 N–H and O–H groups in total. The van der Waals surface area contributed by atoms with Gasteiger partial charge in [-0.1, -0.05) is 97.1 Å². The van der Waals surface area contributed by atoms with Gasteiger partial charge in [0.2, 0.25) is 0 Å². The van der Waals surface area contributed by atoms with Gasteiger partial charge >= 0.3 is 0 Å². The van der Waals surface area contributed by atoms with Crippen molar-refractivity contribution in [2.75, 3.05) is 0 Å². The molecule has 4 aliphatic heterocycles. The first kappa shape index (κ1) is 45.8. The summed E-state index contributed by atoms with van der Waals surface area (Å²) >= 11 is 0. The molecule has 4 heterocycles. The molecular weight excluding hydrogens is 907 g/mol. The van der Waals surface area contributed by atoms with Gasteiger partial charge in [0, 0.05) is 35.3 Å². The van der Waals surface area contributed by atoms with Crippen molar-refractivity contribution in [3.05, 3.63) is 258 Å². The molecule has 4 unspecified atom stereocenters.